The molecule has 3 rings (SSSR count). The zero-order chi connectivity index (χ0) is 38.0. The Morgan fingerprint density at radius 2 is 0.612 bits per heavy atom. The number of aliphatic hydroxyl groups is 3. The molecule has 0 radical (unpaired) electrons. The third-order valence-electron chi connectivity index (χ3n) is 7.24. The molecule has 0 aliphatic carbocycles. The van der Waals surface area contributed by atoms with E-state index in [0.29, 0.717) is 36.3 Å². The molecule has 0 spiro atoms. The Hall–Kier alpha value is -4.09. The lowest BCUT2D eigenvalue weighted by molar-refractivity contribution is 0.0686. The van der Waals surface area contributed by atoms with Crippen molar-refractivity contribution in [3.63, 3.8) is 0 Å². The van der Waals surface area contributed by atoms with Crippen molar-refractivity contribution in [3.8, 4) is 0 Å². The third kappa shape index (κ3) is 18.3. The molecule has 0 amide bonds. The Bertz CT molecular complexity index is 1220. The van der Waals surface area contributed by atoms with Crippen molar-refractivity contribution in [1.82, 2.24) is 4.90 Å². The lowest BCUT2D eigenvalue weighted by Crippen LogP contribution is -2.32. The second-order valence-corrected chi connectivity index (χ2v) is 14.4. The lowest BCUT2D eigenvalue weighted by atomic mass is 9.87. The minimum Gasteiger partial charge on any atom is -0.478 e. The van der Waals surface area contributed by atoms with Gasteiger partial charge in [0, 0.05) is 19.6 Å². The molecule has 0 heterocycles. The van der Waals surface area contributed by atoms with Crippen LogP contribution in [0.5, 0.6) is 0 Å². The van der Waals surface area contributed by atoms with Gasteiger partial charge in [-0.25, -0.2) is 14.4 Å². The first-order chi connectivity index (χ1) is 22.6. The van der Waals surface area contributed by atoms with Crippen molar-refractivity contribution in [2.45, 2.75) is 78.6 Å². The smallest absolute Gasteiger partial charge is 0.335 e. The predicted octanol–water partition coefficient (Wildman–Crippen LogP) is 6.31. The van der Waals surface area contributed by atoms with E-state index in [4.69, 9.17) is 30.6 Å². The van der Waals surface area contributed by atoms with Crippen molar-refractivity contribution >= 4 is 17.9 Å². The average molecular weight is 684 g/mol. The first-order valence-corrected chi connectivity index (χ1v) is 16.1. The molecule has 6 N–H and O–H groups in total. The summed E-state index contributed by atoms with van der Waals surface area (Å²) in [7, 11) is 0. The highest BCUT2D eigenvalue weighted by Gasteiger charge is 2.15. The number of carbonyl (C=O) groups is 3. The van der Waals surface area contributed by atoms with Gasteiger partial charge in [-0.1, -0.05) is 98.7 Å². The number of carboxylic acids is 3. The van der Waals surface area contributed by atoms with Crippen molar-refractivity contribution in [1.29, 1.82) is 0 Å². The Morgan fingerprint density at radius 1 is 0.429 bits per heavy atom. The second kappa shape index (κ2) is 21.1. The molecule has 49 heavy (non-hydrogen) atoms. The van der Waals surface area contributed by atoms with Gasteiger partial charge in [0.2, 0.25) is 0 Å². The monoisotopic (exact) mass is 683 g/mol. The van der Waals surface area contributed by atoms with Crippen molar-refractivity contribution in [2.24, 2.45) is 0 Å². The van der Waals surface area contributed by atoms with E-state index in [2.05, 4.69) is 62.3 Å². The molecule has 0 aliphatic rings. The topological polar surface area (TPSA) is 176 Å². The molecule has 0 saturated carbocycles. The van der Waals surface area contributed by atoms with E-state index in [1.165, 1.54) is 0 Å². The number of rotatable bonds is 9. The molecule has 3 aromatic rings. The van der Waals surface area contributed by atoms with Gasteiger partial charge in [-0.15, -0.1) is 0 Å². The van der Waals surface area contributed by atoms with E-state index in [0.717, 1.165) is 16.7 Å². The van der Waals surface area contributed by atoms with Gasteiger partial charge < -0.3 is 30.6 Å². The van der Waals surface area contributed by atoms with E-state index < -0.39 is 17.9 Å². The van der Waals surface area contributed by atoms with Crippen LogP contribution in [0.4, 0.5) is 0 Å². The highest BCUT2D eigenvalue weighted by molar-refractivity contribution is 5.88. The van der Waals surface area contributed by atoms with E-state index in [1.807, 2.05) is 36.4 Å². The van der Waals surface area contributed by atoms with Gasteiger partial charge in [0.15, 0.2) is 0 Å². The summed E-state index contributed by atoms with van der Waals surface area (Å²) < 4.78 is 0. The van der Waals surface area contributed by atoms with Gasteiger partial charge in [0.25, 0.3) is 0 Å². The van der Waals surface area contributed by atoms with Crippen LogP contribution in [0, 0.1) is 0 Å². The van der Waals surface area contributed by atoms with Crippen LogP contribution in [-0.2, 0) is 16.2 Å². The zero-order valence-electron chi connectivity index (χ0n) is 30.5. The molecule has 0 aliphatic heterocycles. The molecule has 272 valence electrons. The Labute approximate surface area is 291 Å². The molecule has 0 bridgehead atoms. The Kier molecular flexibility index (Phi) is 19.3. The first kappa shape index (κ1) is 44.9. The van der Waals surface area contributed by atoms with Crippen LogP contribution in [0.3, 0.4) is 0 Å². The molecule has 0 saturated heterocycles. The van der Waals surface area contributed by atoms with E-state index in [9.17, 15) is 14.4 Å². The Balaban J connectivity index is 0.000000631. The minimum atomic E-state index is -0.875. The van der Waals surface area contributed by atoms with Gasteiger partial charge in [-0.2, -0.15) is 0 Å². The molecular formula is C39H57NO9. The highest BCUT2D eigenvalue weighted by atomic mass is 16.4. The molecule has 10 heteroatoms. The number of nitrogens with zero attached hydrogens (tertiary/aromatic N) is 1. The zero-order valence-corrected chi connectivity index (χ0v) is 30.5. The van der Waals surface area contributed by atoms with Crippen LogP contribution in [0.2, 0.25) is 0 Å². The summed E-state index contributed by atoms with van der Waals surface area (Å²) in [5.41, 5.74) is 4.71. The summed E-state index contributed by atoms with van der Waals surface area (Å²) in [5.74, 6) is -2.62. The van der Waals surface area contributed by atoms with Gasteiger partial charge in [0.1, 0.15) is 0 Å². The van der Waals surface area contributed by atoms with Gasteiger partial charge in [-0.3, -0.25) is 4.90 Å². The van der Waals surface area contributed by atoms with Gasteiger partial charge >= 0.3 is 17.9 Å². The first-order valence-electron chi connectivity index (χ1n) is 16.1. The standard InChI is InChI=1S/3C11H14O2.C6H15NO3/c3*1-11(2,3)9-6-4-8(5-7-9)10(12)13;8-4-1-7(2-5-9)3-6-10/h3*4-7H,1-3H3,(H,12,13);8-10H,1-6H2. The second-order valence-electron chi connectivity index (χ2n) is 14.4. The number of carboxylic acid groups (broad SMARTS) is 3. The number of hydrogen-bond acceptors (Lipinski definition) is 7. The molecule has 3 aromatic carbocycles. The quantitative estimate of drug-likeness (QED) is 0.150. The Morgan fingerprint density at radius 3 is 0.735 bits per heavy atom. The third-order valence-corrected chi connectivity index (χ3v) is 7.24. The van der Waals surface area contributed by atoms with Crippen molar-refractivity contribution in [3.05, 3.63) is 106 Å². The van der Waals surface area contributed by atoms with Crippen molar-refractivity contribution < 1.29 is 45.0 Å². The molecule has 0 atom stereocenters. The number of hydrogen-bond donors (Lipinski definition) is 6. The molecular weight excluding hydrogens is 626 g/mol. The maximum Gasteiger partial charge on any atom is 0.335 e. The van der Waals surface area contributed by atoms with Crippen LogP contribution in [-0.4, -0.2) is 92.9 Å². The van der Waals surface area contributed by atoms with Crippen LogP contribution in [0.25, 0.3) is 0 Å². The summed E-state index contributed by atoms with van der Waals surface area (Å²) in [6.07, 6.45) is 0. The fourth-order valence-corrected chi connectivity index (χ4v) is 4.10. The summed E-state index contributed by atoms with van der Waals surface area (Å²) in [6, 6.07) is 21.0. The molecule has 0 fully saturated rings. The maximum atomic E-state index is 10.6. The van der Waals surface area contributed by atoms with Crippen LogP contribution >= 0.6 is 0 Å². The molecule has 0 aromatic heterocycles. The number of aromatic carboxylic acids is 3. The highest BCUT2D eigenvalue weighted by Crippen LogP contribution is 2.23. The summed E-state index contributed by atoms with van der Waals surface area (Å²) in [4.78, 5) is 33.5. The summed E-state index contributed by atoms with van der Waals surface area (Å²) in [6.45, 7) is 20.7. The van der Waals surface area contributed by atoms with Crippen molar-refractivity contribution in [2.75, 3.05) is 39.5 Å². The van der Waals surface area contributed by atoms with Gasteiger partial charge in [-0.05, 0) is 69.3 Å². The predicted molar refractivity (Wildman–Crippen MR) is 194 cm³/mol. The number of aliphatic hydroxyl groups excluding tert-OH is 3. The summed E-state index contributed by atoms with van der Waals surface area (Å²) in [5, 5.41) is 51.5. The SMILES string of the molecule is CC(C)(C)c1ccc(C(=O)O)cc1.CC(C)(C)c1ccc(C(=O)O)cc1.CC(C)(C)c1ccc(C(=O)O)cc1.OCCN(CCO)CCO. The molecule has 0 unspecified atom stereocenters. The lowest BCUT2D eigenvalue weighted by Gasteiger charge is -2.18. The number of benzene rings is 3. The maximum absolute atomic E-state index is 10.6. The van der Waals surface area contributed by atoms with Crippen LogP contribution in [0.1, 0.15) is 110 Å². The summed E-state index contributed by atoms with van der Waals surface area (Å²) >= 11 is 0. The van der Waals surface area contributed by atoms with Gasteiger partial charge in [0.05, 0.1) is 36.5 Å². The van der Waals surface area contributed by atoms with Crippen LogP contribution < -0.4 is 0 Å². The fraction of sp³-hybridized carbons (Fsp3) is 0.462. The fourth-order valence-electron chi connectivity index (χ4n) is 4.10. The largest absolute Gasteiger partial charge is 0.478 e. The van der Waals surface area contributed by atoms with Crippen LogP contribution in [0.15, 0.2) is 72.8 Å². The van der Waals surface area contributed by atoms with E-state index in [-0.39, 0.29) is 36.1 Å². The normalized spacial score (nSPS) is 11.2. The van der Waals surface area contributed by atoms with E-state index in [1.54, 1.807) is 41.3 Å². The minimum absolute atomic E-state index is 0.0694. The van der Waals surface area contributed by atoms with E-state index >= 15 is 0 Å². The average Bonchev–Trinajstić information content (AvgIpc) is 3.01. The molecule has 10 nitrogen and oxygen atoms in total.